The fourth-order valence-electron chi connectivity index (χ4n) is 5.92. The van der Waals surface area contributed by atoms with Gasteiger partial charge in [0.1, 0.15) is 11.6 Å². The highest BCUT2D eigenvalue weighted by atomic mass is 32.1. The van der Waals surface area contributed by atoms with Crippen LogP contribution < -0.4 is 25.3 Å². The van der Waals surface area contributed by atoms with Gasteiger partial charge in [0.2, 0.25) is 5.95 Å². The van der Waals surface area contributed by atoms with Crippen molar-refractivity contribution < 1.29 is 0 Å². The van der Waals surface area contributed by atoms with Crippen LogP contribution in [0.3, 0.4) is 0 Å². The van der Waals surface area contributed by atoms with E-state index in [0.29, 0.717) is 17.6 Å². The summed E-state index contributed by atoms with van der Waals surface area (Å²) < 4.78 is 0. The number of aromatic nitrogens is 2. The Kier molecular flexibility index (Phi) is 8.09. The summed E-state index contributed by atoms with van der Waals surface area (Å²) in [6, 6.07) is 19.7. The van der Waals surface area contributed by atoms with E-state index in [1.54, 1.807) is 0 Å². The van der Waals surface area contributed by atoms with Crippen molar-refractivity contribution in [1.82, 2.24) is 15.3 Å². The fourth-order valence-corrected chi connectivity index (χ4v) is 6.08. The van der Waals surface area contributed by atoms with Gasteiger partial charge in [-0.25, -0.2) is 0 Å². The van der Waals surface area contributed by atoms with Crippen molar-refractivity contribution in [2.75, 3.05) is 52.7 Å². The summed E-state index contributed by atoms with van der Waals surface area (Å²) in [5, 5.41) is 7.20. The number of benzene rings is 2. The third kappa shape index (κ3) is 6.44. The average molecular weight is 542 g/mol. The molecule has 1 aromatic heterocycles. The summed E-state index contributed by atoms with van der Waals surface area (Å²) in [6.07, 6.45) is 8.59. The number of nitrogens with one attached hydrogen (secondary N) is 2. The largest absolute Gasteiger partial charge is 0.372 e. The molecule has 204 valence electrons. The molecule has 2 fully saturated rings. The van der Waals surface area contributed by atoms with E-state index in [2.05, 4.69) is 79.9 Å². The molecule has 0 amide bonds. The number of thiocarbonyl (C=S) groups is 1. The molecular weight excluding hydrogens is 502 g/mol. The van der Waals surface area contributed by atoms with Crippen LogP contribution in [0, 0.1) is 0 Å². The maximum atomic E-state index is 5.68. The molecule has 0 saturated carbocycles. The van der Waals surface area contributed by atoms with Crippen LogP contribution in [-0.2, 0) is 19.5 Å². The average Bonchev–Trinajstić information content (AvgIpc) is 3.38. The Morgan fingerprint density at radius 1 is 0.718 bits per heavy atom. The third-order valence-corrected chi connectivity index (χ3v) is 8.42. The smallest absolute Gasteiger partial charge is 0.232 e. The van der Waals surface area contributed by atoms with Gasteiger partial charge in [0.05, 0.1) is 0 Å². The highest BCUT2D eigenvalue weighted by Gasteiger charge is 2.21. The summed E-state index contributed by atoms with van der Waals surface area (Å²) in [5.74, 6) is 2.51. The first kappa shape index (κ1) is 25.9. The van der Waals surface area contributed by atoms with Crippen molar-refractivity contribution in [3.05, 3.63) is 71.3 Å². The first-order valence-electron chi connectivity index (χ1n) is 14.6. The van der Waals surface area contributed by atoms with E-state index < -0.39 is 0 Å². The van der Waals surface area contributed by atoms with Gasteiger partial charge in [-0.05, 0) is 73.1 Å². The lowest BCUT2D eigenvalue weighted by molar-refractivity contribution is 0.717. The maximum absolute atomic E-state index is 5.68. The summed E-state index contributed by atoms with van der Waals surface area (Å²) >= 11 is 5.68. The van der Waals surface area contributed by atoms with Crippen molar-refractivity contribution >= 4 is 40.6 Å². The zero-order valence-electron chi connectivity index (χ0n) is 22.7. The molecule has 2 aromatic carbocycles. The molecule has 3 aromatic rings. The standard InChI is InChI=1S/C31H39N7S/c39-31(32-22-24-11-13-27(14-12-24)36-16-7-8-17-36)35-30-33-28(37-18-5-1-2-6-19-37)21-29(34-30)38-20-15-25-9-3-4-10-26(25)23-38/h3-4,9-14,21H,1-2,5-8,15-20,22-23H2,(H2,32,33,34,35,39). The number of hydrogen-bond donors (Lipinski definition) is 2. The maximum Gasteiger partial charge on any atom is 0.232 e. The lowest BCUT2D eigenvalue weighted by Crippen LogP contribution is -2.33. The van der Waals surface area contributed by atoms with Gasteiger partial charge in [0.15, 0.2) is 5.11 Å². The number of anilines is 4. The van der Waals surface area contributed by atoms with E-state index in [9.17, 15) is 0 Å². The van der Waals surface area contributed by atoms with E-state index >= 15 is 0 Å². The van der Waals surface area contributed by atoms with E-state index in [1.165, 1.54) is 60.9 Å². The Morgan fingerprint density at radius 3 is 2.10 bits per heavy atom. The summed E-state index contributed by atoms with van der Waals surface area (Å²) in [7, 11) is 0. The van der Waals surface area contributed by atoms with Crippen molar-refractivity contribution in [2.45, 2.75) is 58.0 Å². The minimum atomic E-state index is 0.543. The van der Waals surface area contributed by atoms with Crippen LogP contribution in [-0.4, -0.2) is 47.8 Å². The molecule has 0 radical (unpaired) electrons. The van der Waals surface area contributed by atoms with Gasteiger partial charge < -0.3 is 25.3 Å². The van der Waals surface area contributed by atoms with Gasteiger partial charge in [-0.15, -0.1) is 0 Å². The Balaban J connectivity index is 1.15. The molecule has 0 spiro atoms. The van der Waals surface area contributed by atoms with Crippen molar-refractivity contribution in [3.63, 3.8) is 0 Å². The lowest BCUT2D eigenvalue weighted by atomic mass is 10.00. The van der Waals surface area contributed by atoms with E-state index in [-0.39, 0.29) is 0 Å². The quantitative estimate of drug-likeness (QED) is 0.397. The van der Waals surface area contributed by atoms with Crippen LogP contribution >= 0.6 is 12.2 Å². The second-order valence-electron chi connectivity index (χ2n) is 10.9. The van der Waals surface area contributed by atoms with Gasteiger partial charge in [-0.1, -0.05) is 49.2 Å². The molecule has 2 N–H and O–H groups in total. The van der Waals surface area contributed by atoms with Gasteiger partial charge in [0.25, 0.3) is 0 Å². The van der Waals surface area contributed by atoms with Gasteiger partial charge in [-0.3, -0.25) is 0 Å². The molecule has 0 bridgehead atoms. The monoisotopic (exact) mass is 541 g/mol. The molecule has 0 atom stereocenters. The first-order chi connectivity index (χ1) is 19.2. The van der Waals surface area contributed by atoms with Crippen LogP contribution in [0.2, 0.25) is 0 Å². The van der Waals surface area contributed by atoms with Crippen LogP contribution in [0.25, 0.3) is 0 Å². The number of rotatable bonds is 6. The second-order valence-corrected chi connectivity index (χ2v) is 11.3. The first-order valence-corrected chi connectivity index (χ1v) is 15.0. The van der Waals surface area contributed by atoms with Crippen molar-refractivity contribution in [2.24, 2.45) is 0 Å². The third-order valence-electron chi connectivity index (χ3n) is 8.17. The number of hydrogen-bond acceptors (Lipinski definition) is 6. The number of nitrogens with zero attached hydrogens (tertiary/aromatic N) is 5. The van der Waals surface area contributed by atoms with Gasteiger partial charge in [-0.2, -0.15) is 9.97 Å². The van der Waals surface area contributed by atoms with Crippen molar-refractivity contribution in [3.8, 4) is 0 Å². The fraction of sp³-hybridized carbons (Fsp3) is 0.452. The molecule has 4 heterocycles. The molecule has 39 heavy (non-hydrogen) atoms. The molecule has 0 unspecified atom stereocenters. The Morgan fingerprint density at radius 2 is 1.36 bits per heavy atom. The minimum absolute atomic E-state index is 0.543. The second kappa shape index (κ2) is 12.2. The van der Waals surface area contributed by atoms with Crippen LogP contribution in [0.1, 0.15) is 55.2 Å². The van der Waals surface area contributed by atoms with E-state index in [0.717, 1.165) is 57.3 Å². The van der Waals surface area contributed by atoms with Gasteiger partial charge >= 0.3 is 0 Å². The zero-order chi connectivity index (χ0) is 26.4. The SMILES string of the molecule is S=C(NCc1ccc(N2CCCC2)cc1)Nc1nc(N2CCCCCC2)cc(N2CCc3ccccc3C2)n1. The van der Waals surface area contributed by atoms with Crippen LogP contribution in [0.5, 0.6) is 0 Å². The van der Waals surface area contributed by atoms with Crippen LogP contribution in [0.4, 0.5) is 23.3 Å². The molecule has 3 aliphatic rings. The van der Waals surface area contributed by atoms with Crippen LogP contribution in [0.15, 0.2) is 54.6 Å². The lowest BCUT2D eigenvalue weighted by Gasteiger charge is -2.31. The van der Waals surface area contributed by atoms with E-state index in [4.69, 9.17) is 22.2 Å². The number of fused-ring (bicyclic) bond motifs is 1. The normalized spacial score (nSPS) is 17.5. The molecule has 8 heteroatoms. The summed E-state index contributed by atoms with van der Waals surface area (Å²) in [4.78, 5) is 17.1. The predicted octanol–water partition coefficient (Wildman–Crippen LogP) is 5.51. The molecule has 0 aliphatic carbocycles. The topological polar surface area (TPSA) is 59.6 Å². The predicted molar refractivity (Wildman–Crippen MR) is 165 cm³/mol. The molecule has 6 rings (SSSR count). The van der Waals surface area contributed by atoms with E-state index in [1.807, 2.05) is 0 Å². The zero-order valence-corrected chi connectivity index (χ0v) is 23.6. The molecule has 3 aliphatic heterocycles. The molecular formula is C31H39N7S. The van der Waals surface area contributed by atoms with Crippen molar-refractivity contribution in [1.29, 1.82) is 0 Å². The van der Waals surface area contributed by atoms with Gasteiger partial charge in [0, 0.05) is 57.6 Å². The summed E-state index contributed by atoms with van der Waals surface area (Å²) in [6.45, 7) is 6.87. The minimum Gasteiger partial charge on any atom is -0.372 e. The highest BCUT2D eigenvalue weighted by Crippen LogP contribution is 2.28. The Hall–Kier alpha value is -3.39. The Labute approximate surface area is 237 Å². The Bertz CT molecular complexity index is 1260. The molecule has 2 saturated heterocycles. The highest BCUT2D eigenvalue weighted by molar-refractivity contribution is 7.80. The summed E-state index contributed by atoms with van der Waals surface area (Å²) in [5.41, 5.74) is 5.33. The molecule has 7 nitrogen and oxygen atoms in total.